The highest BCUT2D eigenvalue weighted by Crippen LogP contribution is 2.58. The van der Waals surface area contributed by atoms with Crippen LogP contribution in [0.3, 0.4) is 0 Å². The van der Waals surface area contributed by atoms with Gasteiger partial charge in [0.15, 0.2) is 0 Å². The van der Waals surface area contributed by atoms with Crippen molar-refractivity contribution in [1.29, 1.82) is 0 Å². The molecule has 1 amide bonds. The number of amides is 1. The molecule has 0 atom stereocenters. The van der Waals surface area contributed by atoms with Crippen LogP contribution < -0.4 is 9.64 Å². The Morgan fingerprint density at radius 2 is 1.62 bits per heavy atom. The molecule has 2 aliphatic heterocycles. The number of hydrogen-bond donors (Lipinski definition) is 0. The second kappa shape index (κ2) is 11.0. The molecule has 2 aliphatic rings. The average molecular weight is 574 g/mol. The minimum atomic E-state index is -0.827. The number of benzene rings is 3. The summed E-state index contributed by atoms with van der Waals surface area (Å²) in [6, 6.07) is 24.7. The van der Waals surface area contributed by atoms with E-state index in [1.807, 2.05) is 99.6 Å². The van der Waals surface area contributed by atoms with Gasteiger partial charge in [0, 0.05) is 21.6 Å². The molecule has 39 heavy (non-hydrogen) atoms. The van der Waals surface area contributed by atoms with Gasteiger partial charge in [-0.2, -0.15) is 0 Å². The third-order valence-electron chi connectivity index (χ3n) is 6.56. The second-order valence-electron chi connectivity index (χ2n) is 9.39. The topological polar surface area (TPSA) is 55.8 Å². The molecule has 0 fully saturated rings. The van der Waals surface area contributed by atoms with E-state index in [1.54, 1.807) is 4.90 Å². The summed E-state index contributed by atoms with van der Waals surface area (Å²) in [6.45, 7) is 6.36. The smallest absolute Gasteiger partial charge is 0.345 e. The van der Waals surface area contributed by atoms with Crippen molar-refractivity contribution >= 4 is 68.6 Å². The number of rotatable bonds is 5. The van der Waals surface area contributed by atoms with Crippen molar-refractivity contribution in [2.24, 2.45) is 0 Å². The summed E-state index contributed by atoms with van der Waals surface area (Å²) in [5.41, 5.74) is 3.04. The molecule has 2 heterocycles. The van der Waals surface area contributed by atoms with Crippen LogP contribution in [0.5, 0.6) is 5.75 Å². The van der Waals surface area contributed by atoms with Crippen molar-refractivity contribution in [1.82, 2.24) is 0 Å². The van der Waals surface area contributed by atoms with Gasteiger partial charge in [-0.15, -0.1) is 0 Å². The molecule has 0 N–H and O–H groups in total. The third kappa shape index (κ3) is 4.93. The normalized spacial score (nSPS) is 18.2. The number of carbonyl (C=O) groups is 2. The maximum Gasteiger partial charge on any atom is 0.345 e. The van der Waals surface area contributed by atoms with E-state index in [4.69, 9.17) is 21.7 Å². The molecule has 0 aromatic heterocycles. The zero-order valence-corrected chi connectivity index (χ0v) is 24.5. The Hall–Kier alpha value is -3.33. The highest BCUT2D eigenvalue weighted by Gasteiger charge is 2.46. The van der Waals surface area contributed by atoms with Gasteiger partial charge in [0.25, 0.3) is 5.91 Å². The van der Waals surface area contributed by atoms with Gasteiger partial charge in [-0.3, -0.25) is 9.69 Å². The standard InChI is InChI=1S/C31H27NO4S3/c1-5-36-21-16-17-23-22(18-21)24(27(37)31(2,3)32(23)28(33)20-14-10-7-11-15-20)30-38-25(19-12-8-6-9-13-19)26(39-30)29(34)35-4/h6-18H,5H2,1-4H3/b30-24-. The lowest BCUT2D eigenvalue weighted by atomic mass is 9.82. The Balaban J connectivity index is 1.71. The van der Waals surface area contributed by atoms with Gasteiger partial charge in [-0.05, 0) is 56.7 Å². The van der Waals surface area contributed by atoms with E-state index in [0.717, 1.165) is 31.5 Å². The summed E-state index contributed by atoms with van der Waals surface area (Å²) in [5, 5.41) is 0. The maximum absolute atomic E-state index is 13.9. The van der Waals surface area contributed by atoms with Crippen LogP contribution in [-0.2, 0) is 9.53 Å². The van der Waals surface area contributed by atoms with Crippen LogP contribution in [0, 0.1) is 0 Å². The van der Waals surface area contributed by atoms with Crippen molar-refractivity contribution in [3.05, 3.63) is 105 Å². The summed E-state index contributed by atoms with van der Waals surface area (Å²) < 4.78 is 11.9. The first-order chi connectivity index (χ1) is 18.8. The molecule has 0 spiro atoms. The summed E-state index contributed by atoms with van der Waals surface area (Å²) in [4.78, 5) is 30.5. The molecule has 0 saturated heterocycles. The van der Waals surface area contributed by atoms with Gasteiger partial charge in [0.1, 0.15) is 10.7 Å². The van der Waals surface area contributed by atoms with E-state index in [1.165, 1.54) is 30.6 Å². The minimum Gasteiger partial charge on any atom is -0.494 e. The largest absolute Gasteiger partial charge is 0.494 e. The number of nitrogens with zero attached hydrogens (tertiary/aromatic N) is 1. The predicted octanol–water partition coefficient (Wildman–Crippen LogP) is 7.58. The number of ether oxygens (including phenoxy) is 2. The van der Waals surface area contributed by atoms with E-state index in [0.29, 0.717) is 27.7 Å². The predicted molar refractivity (Wildman–Crippen MR) is 165 cm³/mol. The van der Waals surface area contributed by atoms with Crippen molar-refractivity contribution in [2.75, 3.05) is 18.6 Å². The molecule has 3 aromatic carbocycles. The summed E-state index contributed by atoms with van der Waals surface area (Å²) in [5.74, 6) is 0.149. The Morgan fingerprint density at radius 3 is 2.26 bits per heavy atom. The molecule has 8 heteroatoms. The van der Waals surface area contributed by atoms with E-state index >= 15 is 0 Å². The number of hydrogen-bond acceptors (Lipinski definition) is 7. The first-order valence-electron chi connectivity index (χ1n) is 12.5. The Morgan fingerprint density at radius 1 is 0.949 bits per heavy atom. The van der Waals surface area contributed by atoms with Crippen molar-refractivity contribution < 1.29 is 19.1 Å². The minimum absolute atomic E-state index is 0.137. The number of thioether (sulfide) groups is 2. The highest BCUT2D eigenvalue weighted by atomic mass is 32.2. The molecule has 0 bridgehead atoms. The fourth-order valence-electron chi connectivity index (χ4n) is 4.68. The molecule has 198 valence electrons. The van der Waals surface area contributed by atoms with Crippen LogP contribution in [0.4, 0.5) is 5.69 Å². The maximum atomic E-state index is 13.9. The fourth-order valence-corrected chi connectivity index (χ4v) is 7.84. The summed E-state index contributed by atoms with van der Waals surface area (Å²) in [6.07, 6.45) is 0. The number of methoxy groups -OCH3 is 1. The zero-order valence-electron chi connectivity index (χ0n) is 22.0. The van der Waals surface area contributed by atoms with Crippen molar-refractivity contribution in [3.63, 3.8) is 0 Å². The van der Waals surface area contributed by atoms with E-state index in [-0.39, 0.29) is 5.91 Å². The van der Waals surface area contributed by atoms with Crippen LogP contribution in [0.15, 0.2) is 88.0 Å². The fraction of sp³-hybridized carbons (Fsp3) is 0.194. The Kier molecular flexibility index (Phi) is 7.71. The van der Waals surface area contributed by atoms with E-state index in [9.17, 15) is 9.59 Å². The average Bonchev–Trinajstić information content (AvgIpc) is 3.39. The number of esters is 1. The molecule has 0 unspecified atom stereocenters. The van der Waals surface area contributed by atoms with Crippen LogP contribution in [0.25, 0.3) is 10.5 Å². The zero-order chi connectivity index (χ0) is 27.7. The van der Waals surface area contributed by atoms with Gasteiger partial charge >= 0.3 is 5.97 Å². The number of carbonyl (C=O) groups excluding carboxylic acids is 2. The van der Waals surface area contributed by atoms with E-state index < -0.39 is 11.5 Å². The number of anilines is 1. The molecule has 0 saturated carbocycles. The number of thiocarbonyl (C=S) groups is 1. The van der Waals surface area contributed by atoms with Gasteiger partial charge < -0.3 is 9.47 Å². The monoisotopic (exact) mass is 573 g/mol. The lowest BCUT2D eigenvalue weighted by Gasteiger charge is -2.45. The van der Waals surface area contributed by atoms with E-state index in [2.05, 4.69) is 0 Å². The highest BCUT2D eigenvalue weighted by molar-refractivity contribution is 8.32. The lowest BCUT2D eigenvalue weighted by Crippen LogP contribution is -2.55. The summed E-state index contributed by atoms with van der Waals surface area (Å²) in [7, 11) is 1.39. The molecule has 5 nitrogen and oxygen atoms in total. The molecule has 5 rings (SSSR count). The summed E-state index contributed by atoms with van der Waals surface area (Å²) >= 11 is 9.03. The molecule has 0 radical (unpaired) electrons. The van der Waals surface area contributed by atoms with Gasteiger partial charge in [-0.1, -0.05) is 84.3 Å². The third-order valence-corrected chi connectivity index (χ3v) is 9.89. The van der Waals surface area contributed by atoms with Gasteiger partial charge in [0.05, 0.1) is 34.0 Å². The van der Waals surface area contributed by atoms with Crippen molar-refractivity contribution in [2.45, 2.75) is 26.3 Å². The van der Waals surface area contributed by atoms with Crippen molar-refractivity contribution in [3.8, 4) is 5.75 Å². The first kappa shape index (κ1) is 27.2. The number of fused-ring (bicyclic) bond motifs is 1. The SMILES string of the molecule is CCOc1ccc2c(c1)/C(=C1/SC(C(=O)OC)=C(c3ccccc3)S1)C(=S)C(C)(C)N2C(=O)c1ccccc1. The molecular formula is C31H27NO4S3. The van der Waals surface area contributed by atoms with Crippen LogP contribution in [0.2, 0.25) is 0 Å². The van der Waals surface area contributed by atoms with Gasteiger partial charge in [0.2, 0.25) is 0 Å². The Labute approximate surface area is 242 Å². The molecular weight excluding hydrogens is 547 g/mol. The van der Waals surface area contributed by atoms with Crippen LogP contribution in [-0.4, -0.2) is 36.0 Å². The molecule has 0 aliphatic carbocycles. The van der Waals surface area contributed by atoms with Gasteiger partial charge in [-0.25, -0.2) is 4.79 Å². The second-order valence-corrected chi connectivity index (χ2v) is 12.1. The quantitative estimate of drug-likeness (QED) is 0.177. The van der Waals surface area contributed by atoms with Crippen LogP contribution in [0.1, 0.15) is 42.3 Å². The lowest BCUT2D eigenvalue weighted by molar-refractivity contribution is -0.135. The Bertz CT molecular complexity index is 1530. The first-order valence-corrected chi connectivity index (χ1v) is 14.5. The van der Waals surface area contributed by atoms with Crippen LogP contribution >= 0.6 is 35.7 Å². The molecule has 3 aromatic rings.